The van der Waals surface area contributed by atoms with Gasteiger partial charge in [-0.25, -0.2) is 0 Å². The van der Waals surface area contributed by atoms with Crippen molar-refractivity contribution in [1.82, 2.24) is 0 Å². The Labute approximate surface area is 109 Å². The van der Waals surface area contributed by atoms with Crippen LogP contribution >= 0.6 is 0 Å². The first-order valence-electron chi connectivity index (χ1n) is 6.75. The van der Waals surface area contributed by atoms with Crippen LogP contribution in [0.3, 0.4) is 0 Å². The lowest BCUT2D eigenvalue weighted by molar-refractivity contribution is 0.401. The molecule has 0 aromatic heterocycles. The monoisotopic (exact) mass is 240 g/mol. The van der Waals surface area contributed by atoms with Crippen molar-refractivity contribution in [2.24, 2.45) is 11.7 Å². The summed E-state index contributed by atoms with van der Waals surface area (Å²) in [4.78, 5) is 0. The molecule has 1 aliphatic rings. The highest BCUT2D eigenvalue weighted by atomic mass is 14.5. The van der Waals surface area contributed by atoms with E-state index in [0.29, 0.717) is 12.5 Å². The van der Waals surface area contributed by atoms with E-state index >= 15 is 0 Å². The van der Waals surface area contributed by atoms with E-state index in [2.05, 4.69) is 12.1 Å². The average Bonchev–Trinajstić information content (AvgIpc) is 2.46. The third-order valence-electron chi connectivity index (χ3n) is 3.79. The van der Waals surface area contributed by atoms with Gasteiger partial charge in [-0.3, -0.25) is 0 Å². The smallest absolute Gasteiger partial charge is 0.0997 e. The predicted molar refractivity (Wildman–Crippen MR) is 74.8 cm³/mol. The highest BCUT2D eigenvalue weighted by Crippen LogP contribution is 2.30. The third-order valence-corrected chi connectivity index (χ3v) is 3.79. The number of rotatable bonds is 3. The first kappa shape index (κ1) is 12.9. The Morgan fingerprint density at radius 1 is 1.28 bits per heavy atom. The molecule has 0 atom stereocenters. The van der Waals surface area contributed by atoms with E-state index in [9.17, 15) is 0 Å². The van der Waals surface area contributed by atoms with Gasteiger partial charge in [0, 0.05) is 6.54 Å². The van der Waals surface area contributed by atoms with Gasteiger partial charge >= 0.3 is 0 Å². The molecule has 1 saturated carbocycles. The van der Waals surface area contributed by atoms with E-state index in [1.54, 1.807) is 0 Å². The second kappa shape index (κ2) is 6.37. The Morgan fingerprint density at radius 3 is 2.67 bits per heavy atom. The first-order chi connectivity index (χ1) is 8.85. The Bertz CT molecular complexity index is 462. The van der Waals surface area contributed by atoms with Gasteiger partial charge in [0.1, 0.15) is 0 Å². The molecule has 1 aromatic carbocycles. The van der Waals surface area contributed by atoms with Crippen LogP contribution in [0.15, 0.2) is 29.8 Å². The summed E-state index contributed by atoms with van der Waals surface area (Å²) in [7, 11) is 0. The minimum Gasteiger partial charge on any atom is -0.327 e. The fraction of sp³-hybridized carbons (Fsp3) is 0.438. The third kappa shape index (κ3) is 3.00. The van der Waals surface area contributed by atoms with Crippen molar-refractivity contribution >= 4 is 6.08 Å². The molecule has 0 unspecified atom stereocenters. The van der Waals surface area contributed by atoms with E-state index in [-0.39, 0.29) is 0 Å². The number of hydrogen-bond donors (Lipinski definition) is 1. The van der Waals surface area contributed by atoms with Gasteiger partial charge in [0.15, 0.2) is 0 Å². The van der Waals surface area contributed by atoms with E-state index < -0.39 is 0 Å². The molecule has 1 fully saturated rings. The van der Waals surface area contributed by atoms with Crippen LogP contribution in [0.2, 0.25) is 0 Å². The zero-order valence-electron chi connectivity index (χ0n) is 10.7. The predicted octanol–water partition coefficient (Wildman–Crippen LogP) is 3.48. The molecule has 2 nitrogen and oxygen atoms in total. The average molecular weight is 240 g/mol. The Morgan fingerprint density at radius 2 is 2.00 bits per heavy atom. The highest BCUT2D eigenvalue weighted by Gasteiger charge is 2.17. The van der Waals surface area contributed by atoms with Crippen LogP contribution in [-0.4, -0.2) is 6.54 Å². The molecule has 0 bridgehead atoms. The SMILES string of the molecule is N#Cc1ccccc1/C=C(/CN)C1CCCCC1. The summed E-state index contributed by atoms with van der Waals surface area (Å²) in [6.07, 6.45) is 8.59. The normalized spacial score (nSPS) is 17.4. The molecule has 0 aliphatic heterocycles. The second-order valence-electron chi connectivity index (χ2n) is 4.96. The molecule has 2 N–H and O–H groups in total. The van der Waals surface area contributed by atoms with Crippen LogP contribution in [0.4, 0.5) is 0 Å². The lowest BCUT2D eigenvalue weighted by Crippen LogP contribution is -2.16. The maximum absolute atomic E-state index is 9.10. The second-order valence-corrected chi connectivity index (χ2v) is 4.96. The van der Waals surface area contributed by atoms with Gasteiger partial charge in [-0.05, 0) is 30.4 Å². The lowest BCUT2D eigenvalue weighted by atomic mass is 9.83. The van der Waals surface area contributed by atoms with Crippen molar-refractivity contribution in [1.29, 1.82) is 5.26 Å². The molecule has 94 valence electrons. The van der Waals surface area contributed by atoms with E-state index in [1.807, 2.05) is 24.3 Å². The molecule has 2 heteroatoms. The van der Waals surface area contributed by atoms with Gasteiger partial charge in [0.05, 0.1) is 11.6 Å². The molecule has 1 aromatic rings. The van der Waals surface area contributed by atoms with Crippen LogP contribution in [0.5, 0.6) is 0 Å². The molecule has 1 aliphatic carbocycles. The van der Waals surface area contributed by atoms with E-state index in [4.69, 9.17) is 11.0 Å². The van der Waals surface area contributed by atoms with Crippen LogP contribution in [0, 0.1) is 17.2 Å². The number of nitrogens with two attached hydrogens (primary N) is 1. The summed E-state index contributed by atoms with van der Waals surface area (Å²) in [5.41, 5.74) is 8.94. The fourth-order valence-electron chi connectivity index (χ4n) is 2.74. The van der Waals surface area contributed by atoms with Crippen LogP contribution in [0.1, 0.15) is 43.2 Å². The molecular weight excluding hydrogens is 220 g/mol. The van der Waals surface area contributed by atoms with Gasteiger partial charge in [-0.2, -0.15) is 5.26 Å². The zero-order valence-corrected chi connectivity index (χ0v) is 10.7. The van der Waals surface area contributed by atoms with Gasteiger partial charge in [-0.15, -0.1) is 0 Å². The number of benzene rings is 1. The number of nitrogens with zero attached hydrogens (tertiary/aromatic N) is 1. The van der Waals surface area contributed by atoms with Crippen molar-refractivity contribution in [3.8, 4) is 6.07 Å². The van der Waals surface area contributed by atoms with E-state index in [1.165, 1.54) is 37.7 Å². The molecule has 2 rings (SSSR count). The summed E-state index contributed by atoms with van der Waals surface area (Å²) < 4.78 is 0. The van der Waals surface area contributed by atoms with Gasteiger partial charge in [-0.1, -0.05) is 49.1 Å². The fourth-order valence-corrected chi connectivity index (χ4v) is 2.74. The minimum absolute atomic E-state index is 0.602. The molecule has 18 heavy (non-hydrogen) atoms. The Balaban J connectivity index is 2.25. The summed E-state index contributed by atoms with van der Waals surface area (Å²) in [5.74, 6) is 0.621. The van der Waals surface area contributed by atoms with Gasteiger partial charge in [0.2, 0.25) is 0 Å². The largest absolute Gasteiger partial charge is 0.327 e. The topological polar surface area (TPSA) is 49.8 Å². The van der Waals surface area contributed by atoms with Crippen molar-refractivity contribution < 1.29 is 0 Å². The van der Waals surface area contributed by atoms with Crippen LogP contribution in [0.25, 0.3) is 6.08 Å². The number of nitriles is 1. The van der Waals surface area contributed by atoms with Crippen molar-refractivity contribution in [3.63, 3.8) is 0 Å². The number of hydrogen-bond acceptors (Lipinski definition) is 2. The lowest BCUT2D eigenvalue weighted by Gasteiger charge is -2.24. The summed E-state index contributed by atoms with van der Waals surface area (Å²) in [5, 5.41) is 9.10. The van der Waals surface area contributed by atoms with E-state index in [0.717, 1.165) is 11.1 Å². The summed E-state index contributed by atoms with van der Waals surface area (Å²) in [6, 6.07) is 9.98. The Kier molecular flexibility index (Phi) is 4.55. The van der Waals surface area contributed by atoms with Crippen molar-refractivity contribution in [2.45, 2.75) is 32.1 Å². The Hall–Kier alpha value is -1.59. The molecular formula is C16H20N2. The molecule has 0 amide bonds. The van der Waals surface area contributed by atoms with Crippen molar-refractivity contribution in [3.05, 3.63) is 41.0 Å². The molecule has 0 spiro atoms. The zero-order chi connectivity index (χ0) is 12.8. The quantitative estimate of drug-likeness (QED) is 0.879. The van der Waals surface area contributed by atoms with Crippen molar-refractivity contribution in [2.75, 3.05) is 6.54 Å². The molecule has 0 radical (unpaired) electrons. The molecule has 0 heterocycles. The standard InChI is InChI=1S/C16H20N2/c17-11-15-9-5-4-8-14(15)10-16(12-18)13-6-2-1-3-7-13/h4-5,8-10,13H,1-3,6-7,12,18H2/b16-10-. The molecule has 0 saturated heterocycles. The summed E-state index contributed by atoms with van der Waals surface area (Å²) in [6.45, 7) is 0.602. The minimum atomic E-state index is 0.602. The van der Waals surface area contributed by atoms with Crippen LogP contribution < -0.4 is 5.73 Å². The van der Waals surface area contributed by atoms with Gasteiger partial charge in [0.25, 0.3) is 0 Å². The maximum atomic E-state index is 9.10. The maximum Gasteiger partial charge on any atom is 0.0997 e. The van der Waals surface area contributed by atoms with Crippen LogP contribution in [-0.2, 0) is 0 Å². The first-order valence-corrected chi connectivity index (χ1v) is 6.75. The summed E-state index contributed by atoms with van der Waals surface area (Å²) >= 11 is 0. The highest BCUT2D eigenvalue weighted by molar-refractivity contribution is 5.60. The van der Waals surface area contributed by atoms with Gasteiger partial charge < -0.3 is 5.73 Å².